The lowest BCUT2D eigenvalue weighted by molar-refractivity contribution is -0.117. The SMILES string of the molecule is COS(=O)(=O)c1cccc2c1C=CC(=[N+]=N)C2=O. The highest BCUT2D eigenvalue weighted by Crippen LogP contribution is 2.26. The van der Waals surface area contributed by atoms with Gasteiger partial charge in [-0.2, -0.15) is 8.42 Å². The maximum Gasteiger partial charge on any atom is 0.412 e. The molecule has 0 aromatic heterocycles. The summed E-state index contributed by atoms with van der Waals surface area (Å²) in [5.41, 5.74) is 7.28. The van der Waals surface area contributed by atoms with Crippen molar-refractivity contribution in [3.05, 3.63) is 35.4 Å². The quantitative estimate of drug-likeness (QED) is 0.488. The molecular formula is C11H9N2O4S+. The Kier molecular flexibility index (Phi) is 2.96. The van der Waals surface area contributed by atoms with E-state index in [4.69, 9.17) is 5.53 Å². The van der Waals surface area contributed by atoms with Crippen LogP contribution >= 0.6 is 0 Å². The molecule has 0 amide bonds. The van der Waals surface area contributed by atoms with Gasteiger partial charge in [0.05, 0.1) is 17.4 Å². The Bertz CT molecular complexity index is 713. The summed E-state index contributed by atoms with van der Waals surface area (Å²) in [6.07, 6.45) is 2.75. The fraction of sp³-hybridized carbons (Fsp3) is 0.0909. The first-order valence-corrected chi connectivity index (χ1v) is 6.33. The minimum atomic E-state index is -3.88. The molecule has 92 valence electrons. The molecule has 0 atom stereocenters. The highest BCUT2D eigenvalue weighted by atomic mass is 32.2. The lowest BCUT2D eigenvalue weighted by Crippen LogP contribution is -2.19. The first kappa shape index (κ1) is 12.4. The molecule has 6 nitrogen and oxygen atoms in total. The van der Waals surface area contributed by atoms with Crippen LogP contribution in [-0.2, 0) is 14.3 Å². The Morgan fingerprint density at radius 2 is 2.00 bits per heavy atom. The first-order chi connectivity index (χ1) is 8.51. The van der Waals surface area contributed by atoms with Crippen molar-refractivity contribution < 1.29 is 22.2 Å². The number of hydrogen-bond donors (Lipinski definition) is 1. The van der Waals surface area contributed by atoms with Crippen LogP contribution < -0.4 is 0 Å². The number of hydrogen-bond acceptors (Lipinski definition) is 5. The number of rotatable bonds is 2. The van der Waals surface area contributed by atoms with Gasteiger partial charge in [-0.3, -0.25) is 8.98 Å². The van der Waals surface area contributed by atoms with Crippen molar-refractivity contribution in [2.24, 2.45) is 0 Å². The number of nitrogens with one attached hydrogen (secondary N) is 1. The number of ketones is 1. The molecule has 0 bridgehead atoms. The summed E-state index contributed by atoms with van der Waals surface area (Å²) in [4.78, 5) is 14.9. The van der Waals surface area contributed by atoms with E-state index in [9.17, 15) is 13.2 Å². The van der Waals surface area contributed by atoms with Crippen molar-refractivity contribution in [2.45, 2.75) is 4.90 Å². The van der Waals surface area contributed by atoms with Gasteiger partial charge in [-0.25, -0.2) is 0 Å². The van der Waals surface area contributed by atoms with Gasteiger partial charge in [0.25, 0.3) is 15.9 Å². The number of benzene rings is 1. The zero-order valence-corrected chi connectivity index (χ0v) is 10.2. The highest BCUT2D eigenvalue weighted by Gasteiger charge is 2.31. The van der Waals surface area contributed by atoms with Gasteiger partial charge in [0.15, 0.2) is 0 Å². The van der Waals surface area contributed by atoms with Crippen LogP contribution in [-0.4, -0.2) is 31.8 Å². The monoisotopic (exact) mass is 265 g/mol. The third-order valence-electron chi connectivity index (χ3n) is 2.56. The number of Topliss-reactive ketones (excluding diaryl/α,β-unsaturated/α-hetero) is 1. The van der Waals surface area contributed by atoms with Crippen molar-refractivity contribution in [3.63, 3.8) is 0 Å². The third-order valence-corrected chi connectivity index (χ3v) is 3.89. The number of carbonyl (C=O) groups is 1. The van der Waals surface area contributed by atoms with Crippen LogP contribution in [0.25, 0.3) is 6.08 Å². The van der Waals surface area contributed by atoms with Crippen LogP contribution in [0.3, 0.4) is 0 Å². The van der Waals surface area contributed by atoms with Gasteiger partial charge in [-0.1, -0.05) is 12.1 Å². The van der Waals surface area contributed by atoms with Gasteiger partial charge in [-0.05, 0) is 12.1 Å². The maximum atomic E-state index is 11.9. The van der Waals surface area contributed by atoms with E-state index in [1.165, 1.54) is 30.4 Å². The number of fused-ring (bicyclic) bond motifs is 1. The van der Waals surface area contributed by atoms with E-state index in [1.807, 2.05) is 0 Å². The Hall–Kier alpha value is -2.08. The smallest absolute Gasteiger partial charge is 0.280 e. The van der Waals surface area contributed by atoms with E-state index < -0.39 is 15.9 Å². The summed E-state index contributed by atoms with van der Waals surface area (Å²) in [5.74, 6) is -0.476. The van der Waals surface area contributed by atoms with Crippen molar-refractivity contribution in [1.82, 2.24) is 0 Å². The molecule has 1 aromatic carbocycles. The molecule has 0 unspecified atom stereocenters. The molecular weight excluding hydrogens is 256 g/mol. The Balaban J connectivity index is 2.76. The fourth-order valence-corrected chi connectivity index (χ4v) is 2.56. The topological polar surface area (TPSA) is 98.4 Å². The summed E-state index contributed by atoms with van der Waals surface area (Å²) in [6, 6.07) is 4.29. The van der Waals surface area contributed by atoms with Gasteiger partial charge in [-0.15, -0.1) is 0 Å². The molecule has 18 heavy (non-hydrogen) atoms. The minimum absolute atomic E-state index is 0.0329. The van der Waals surface area contributed by atoms with Gasteiger partial charge in [0.2, 0.25) is 0 Å². The molecule has 0 saturated heterocycles. The molecule has 0 saturated carbocycles. The van der Waals surface area contributed by atoms with E-state index in [2.05, 4.69) is 8.97 Å². The zero-order valence-electron chi connectivity index (χ0n) is 9.38. The van der Waals surface area contributed by atoms with E-state index in [0.29, 0.717) is 0 Å². The van der Waals surface area contributed by atoms with Gasteiger partial charge >= 0.3 is 5.71 Å². The number of nitrogens with zero attached hydrogens (tertiary/aromatic N) is 1. The van der Waals surface area contributed by atoms with E-state index in [1.54, 1.807) is 0 Å². The molecule has 1 aromatic rings. The van der Waals surface area contributed by atoms with Crippen LogP contribution in [0.1, 0.15) is 15.9 Å². The van der Waals surface area contributed by atoms with Crippen molar-refractivity contribution in [3.8, 4) is 0 Å². The molecule has 2 rings (SSSR count). The average molecular weight is 265 g/mol. The molecule has 0 aliphatic heterocycles. The van der Waals surface area contributed by atoms with Crippen molar-refractivity contribution in [2.75, 3.05) is 7.11 Å². The summed E-state index contributed by atoms with van der Waals surface area (Å²) in [7, 11) is -2.82. The van der Waals surface area contributed by atoms with E-state index in [0.717, 1.165) is 7.11 Å². The number of carbonyl (C=O) groups excluding carboxylic acids is 1. The molecule has 0 heterocycles. The minimum Gasteiger partial charge on any atom is -0.280 e. The van der Waals surface area contributed by atoms with Crippen LogP contribution in [0.15, 0.2) is 29.2 Å². The van der Waals surface area contributed by atoms with Crippen LogP contribution in [0.2, 0.25) is 0 Å². The molecule has 0 spiro atoms. The van der Waals surface area contributed by atoms with Crippen molar-refractivity contribution >= 4 is 27.7 Å². The van der Waals surface area contributed by atoms with E-state index in [-0.39, 0.29) is 21.7 Å². The fourth-order valence-electron chi connectivity index (χ4n) is 1.69. The van der Waals surface area contributed by atoms with Gasteiger partial charge in [0.1, 0.15) is 4.90 Å². The second-order valence-electron chi connectivity index (χ2n) is 3.50. The normalized spacial score (nSPS) is 14.3. The van der Waals surface area contributed by atoms with Crippen LogP contribution in [0, 0.1) is 5.53 Å². The first-order valence-electron chi connectivity index (χ1n) is 4.92. The second kappa shape index (κ2) is 4.30. The third kappa shape index (κ3) is 1.80. The summed E-state index contributed by atoms with van der Waals surface area (Å²) >= 11 is 0. The Morgan fingerprint density at radius 1 is 1.28 bits per heavy atom. The molecule has 1 aliphatic rings. The summed E-state index contributed by atoms with van der Waals surface area (Å²) in [6.45, 7) is 0. The zero-order chi connectivity index (χ0) is 13.3. The lowest BCUT2D eigenvalue weighted by atomic mass is 9.95. The van der Waals surface area contributed by atoms with E-state index >= 15 is 0 Å². The van der Waals surface area contributed by atoms with Crippen molar-refractivity contribution in [1.29, 1.82) is 5.53 Å². The Labute approximate surface area is 103 Å². The average Bonchev–Trinajstić information content (AvgIpc) is 2.39. The summed E-state index contributed by atoms with van der Waals surface area (Å²) < 4.78 is 27.8. The maximum absolute atomic E-state index is 11.9. The highest BCUT2D eigenvalue weighted by molar-refractivity contribution is 7.86. The second-order valence-corrected chi connectivity index (χ2v) is 5.18. The van der Waals surface area contributed by atoms with Gasteiger partial charge < -0.3 is 0 Å². The Morgan fingerprint density at radius 3 is 2.61 bits per heavy atom. The number of allylic oxidation sites excluding steroid dienone is 1. The largest absolute Gasteiger partial charge is 0.412 e. The standard InChI is InChI=1S/C11H9N2O4S/c1-17-18(15,16)10-4-2-3-8-7(10)5-6-9(13-12)11(8)14/h2-6,12H,1H3/q+1. The molecule has 0 fully saturated rings. The molecule has 0 radical (unpaired) electrons. The molecule has 7 heteroatoms. The van der Waals surface area contributed by atoms with Crippen LogP contribution in [0.4, 0.5) is 0 Å². The van der Waals surface area contributed by atoms with Gasteiger partial charge in [0, 0.05) is 17.2 Å². The lowest BCUT2D eigenvalue weighted by Gasteiger charge is -2.10. The summed E-state index contributed by atoms with van der Waals surface area (Å²) in [5, 5.41) is 0. The predicted molar refractivity (Wildman–Crippen MR) is 62.0 cm³/mol. The predicted octanol–water partition coefficient (Wildman–Crippen LogP) is 0.911. The molecule has 1 N–H and O–H groups in total. The van der Waals surface area contributed by atoms with Crippen LogP contribution in [0.5, 0.6) is 0 Å². The molecule has 1 aliphatic carbocycles.